The molecule has 5 heteroatoms. The lowest BCUT2D eigenvalue weighted by Crippen LogP contribution is -2.43. The number of benzene rings is 1. The summed E-state index contributed by atoms with van der Waals surface area (Å²) in [5.41, 5.74) is 5.74. The Morgan fingerprint density at radius 2 is 2.16 bits per heavy atom. The number of nitrogens with zero attached hydrogens (tertiary/aromatic N) is 1. The topological polar surface area (TPSA) is 55.6 Å². The van der Waals surface area contributed by atoms with Crippen LogP contribution in [0, 0.1) is 5.82 Å². The van der Waals surface area contributed by atoms with E-state index in [1.165, 1.54) is 11.0 Å². The molecule has 0 radical (unpaired) electrons. The zero-order chi connectivity index (χ0) is 14.3. The van der Waals surface area contributed by atoms with Crippen LogP contribution in [-0.4, -0.2) is 37.0 Å². The van der Waals surface area contributed by atoms with Gasteiger partial charge in [0.05, 0.1) is 12.6 Å². The van der Waals surface area contributed by atoms with Gasteiger partial charge in [0, 0.05) is 7.05 Å². The number of rotatable bonds is 7. The molecule has 0 saturated carbocycles. The fourth-order valence-corrected chi connectivity index (χ4v) is 1.68. The van der Waals surface area contributed by atoms with Crippen molar-refractivity contribution in [3.63, 3.8) is 0 Å². The first-order valence-electron chi connectivity index (χ1n) is 6.44. The van der Waals surface area contributed by atoms with E-state index < -0.39 is 11.9 Å². The molecule has 1 aromatic rings. The number of para-hydroxylation sites is 1. The van der Waals surface area contributed by atoms with E-state index in [1.807, 2.05) is 6.92 Å². The van der Waals surface area contributed by atoms with Crippen molar-refractivity contribution in [3.8, 4) is 5.75 Å². The van der Waals surface area contributed by atoms with E-state index in [-0.39, 0.29) is 18.3 Å². The molecule has 1 rings (SSSR count). The first-order chi connectivity index (χ1) is 9.06. The Morgan fingerprint density at radius 1 is 1.47 bits per heavy atom. The molecule has 1 aromatic carbocycles. The second-order valence-corrected chi connectivity index (χ2v) is 4.43. The van der Waals surface area contributed by atoms with Crippen LogP contribution in [0.3, 0.4) is 0 Å². The predicted octanol–water partition coefficient (Wildman–Crippen LogP) is 1.79. The van der Waals surface area contributed by atoms with Gasteiger partial charge in [-0.15, -0.1) is 0 Å². The molecular formula is C14H21FN2O2. The maximum Gasteiger partial charge on any atom is 0.239 e. The third kappa shape index (κ3) is 4.87. The van der Waals surface area contributed by atoms with Crippen molar-refractivity contribution >= 4 is 5.91 Å². The zero-order valence-electron chi connectivity index (χ0n) is 11.4. The predicted molar refractivity (Wildman–Crippen MR) is 72.4 cm³/mol. The van der Waals surface area contributed by atoms with Crippen LogP contribution in [0.5, 0.6) is 5.75 Å². The molecule has 0 saturated heterocycles. The summed E-state index contributed by atoms with van der Waals surface area (Å²) in [6, 6.07) is 5.72. The molecule has 0 bridgehead atoms. The minimum Gasteiger partial charge on any atom is -0.489 e. The molecule has 0 aliphatic rings. The van der Waals surface area contributed by atoms with Crippen molar-refractivity contribution in [1.82, 2.24) is 4.90 Å². The van der Waals surface area contributed by atoms with Crippen LogP contribution in [-0.2, 0) is 4.79 Å². The lowest BCUT2D eigenvalue weighted by atomic mass is 10.1. The van der Waals surface area contributed by atoms with Gasteiger partial charge >= 0.3 is 0 Å². The van der Waals surface area contributed by atoms with Crippen molar-refractivity contribution < 1.29 is 13.9 Å². The number of hydrogen-bond acceptors (Lipinski definition) is 3. The normalized spacial score (nSPS) is 12.0. The summed E-state index contributed by atoms with van der Waals surface area (Å²) >= 11 is 0. The number of likely N-dealkylation sites (N-methyl/N-ethyl adjacent to an activating group) is 1. The lowest BCUT2D eigenvalue weighted by molar-refractivity contribution is -0.131. The van der Waals surface area contributed by atoms with Gasteiger partial charge in [-0.25, -0.2) is 4.39 Å². The number of amides is 1. The summed E-state index contributed by atoms with van der Waals surface area (Å²) in [5.74, 6) is -0.320. The van der Waals surface area contributed by atoms with E-state index >= 15 is 0 Å². The first-order valence-corrected chi connectivity index (χ1v) is 6.44. The quantitative estimate of drug-likeness (QED) is 0.820. The molecule has 106 valence electrons. The molecule has 0 aliphatic carbocycles. The molecule has 1 unspecified atom stereocenters. The van der Waals surface area contributed by atoms with Gasteiger partial charge in [0.1, 0.15) is 6.61 Å². The summed E-state index contributed by atoms with van der Waals surface area (Å²) in [7, 11) is 1.67. The van der Waals surface area contributed by atoms with E-state index in [0.717, 1.165) is 6.42 Å². The van der Waals surface area contributed by atoms with Gasteiger partial charge in [0.15, 0.2) is 11.6 Å². The highest BCUT2D eigenvalue weighted by Gasteiger charge is 2.16. The maximum absolute atomic E-state index is 13.3. The fraction of sp³-hybridized carbons (Fsp3) is 0.500. The van der Waals surface area contributed by atoms with Gasteiger partial charge in [-0.1, -0.05) is 25.5 Å². The fourth-order valence-electron chi connectivity index (χ4n) is 1.68. The lowest BCUT2D eigenvalue weighted by Gasteiger charge is -2.21. The summed E-state index contributed by atoms with van der Waals surface area (Å²) in [4.78, 5) is 13.3. The van der Waals surface area contributed by atoms with Gasteiger partial charge in [-0.2, -0.15) is 0 Å². The van der Waals surface area contributed by atoms with Crippen molar-refractivity contribution in [2.75, 3.05) is 20.2 Å². The molecule has 0 spiro atoms. The van der Waals surface area contributed by atoms with Crippen LogP contribution >= 0.6 is 0 Å². The Morgan fingerprint density at radius 3 is 2.79 bits per heavy atom. The van der Waals surface area contributed by atoms with E-state index in [0.29, 0.717) is 13.0 Å². The van der Waals surface area contributed by atoms with E-state index in [2.05, 4.69) is 0 Å². The monoisotopic (exact) mass is 268 g/mol. The molecule has 0 heterocycles. The number of carbonyl (C=O) groups is 1. The summed E-state index contributed by atoms with van der Waals surface area (Å²) in [6.45, 7) is 2.60. The Labute approximate surface area is 113 Å². The molecule has 1 atom stereocenters. The first kappa shape index (κ1) is 15.4. The third-order valence-corrected chi connectivity index (χ3v) is 2.81. The summed E-state index contributed by atoms with van der Waals surface area (Å²) < 4.78 is 18.6. The largest absolute Gasteiger partial charge is 0.489 e. The van der Waals surface area contributed by atoms with Crippen LogP contribution < -0.4 is 10.5 Å². The average molecular weight is 268 g/mol. The van der Waals surface area contributed by atoms with Crippen molar-refractivity contribution in [1.29, 1.82) is 0 Å². The number of hydrogen-bond donors (Lipinski definition) is 1. The van der Waals surface area contributed by atoms with E-state index in [1.54, 1.807) is 25.2 Å². The molecule has 2 N–H and O–H groups in total. The van der Waals surface area contributed by atoms with Gasteiger partial charge in [-0.3, -0.25) is 4.79 Å². The molecule has 4 nitrogen and oxygen atoms in total. The van der Waals surface area contributed by atoms with E-state index in [4.69, 9.17) is 10.5 Å². The minimum absolute atomic E-state index is 0.112. The van der Waals surface area contributed by atoms with Crippen molar-refractivity contribution in [2.45, 2.75) is 25.8 Å². The van der Waals surface area contributed by atoms with Crippen LogP contribution in [0.15, 0.2) is 24.3 Å². The minimum atomic E-state index is -0.469. The highest BCUT2D eigenvalue weighted by atomic mass is 19.1. The maximum atomic E-state index is 13.3. The zero-order valence-corrected chi connectivity index (χ0v) is 11.4. The third-order valence-electron chi connectivity index (χ3n) is 2.81. The highest BCUT2D eigenvalue weighted by Crippen LogP contribution is 2.15. The number of halogens is 1. The van der Waals surface area contributed by atoms with Crippen LogP contribution in [0.2, 0.25) is 0 Å². The number of nitrogens with two attached hydrogens (primary N) is 1. The van der Waals surface area contributed by atoms with Crippen LogP contribution in [0.4, 0.5) is 4.39 Å². The standard InChI is InChI=1S/C14H21FN2O2/c1-3-6-12(16)14(18)17(2)9-10-19-13-8-5-4-7-11(13)15/h4-5,7-8,12H,3,6,9-10,16H2,1-2H3. The van der Waals surface area contributed by atoms with Crippen LogP contribution in [0.1, 0.15) is 19.8 Å². The Hall–Kier alpha value is -1.62. The SMILES string of the molecule is CCCC(N)C(=O)N(C)CCOc1ccccc1F. The van der Waals surface area contributed by atoms with Gasteiger partial charge in [-0.05, 0) is 18.6 Å². The second kappa shape index (κ2) is 7.74. The van der Waals surface area contributed by atoms with Crippen molar-refractivity contribution in [3.05, 3.63) is 30.1 Å². The smallest absolute Gasteiger partial charge is 0.239 e. The number of ether oxygens (including phenoxy) is 1. The van der Waals surface area contributed by atoms with Gasteiger partial charge in [0.2, 0.25) is 5.91 Å². The number of carbonyl (C=O) groups excluding carboxylic acids is 1. The molecule has 0 fully saturated rings. The summed E-state index contributed by atoms with van der Waals surface area (Å²) in [6.07, 6.45) is 1.53. The summed E-state index contributed by atoms with van der Waals surface area (Å²) in [5, 5.41) is 0. The Kier molecular flexibility index (Phi) is 6.29. The molecule has 0 aromatic heterocycles. The van der Waals surface area contributed by atoms with E-state index in [9.17, 15) is 9.18 Å². The Bertz CT molecular complexity index is 412. The molecule has 19 heavy (non-hydrogen) atoms. The molecular weight excluding hydrogens is 247 g/mol. The van der Waals surface area contributed by atoms with Gasteiger partial charge in [0.25, 0.3) is 0 Å². The van der Waals surface area contributed by atoms with Gasteiger partial charge < -0.3 is 15.4 Å². The second-order valence-electron chi connectivity index (χ2n) is 4.43. The highest BCUT2D eigenvalue weighted by molar-refractivity contribution is 5.81. The average Bonchev–Trinajstić information content (AvgIpc) is 2.40. The molecule has 0 aliphatic heterocycles. The van der Waals surface area contributed by atoms with Crippen LogP contribution in [0.25, 0.3) is 0 Å². The molecule has 1 amide bonds. The van der Waals surface area contributed by atoms with Crippen molar-refractivity contribution in [2.24, 2.45) is 5.73 Å². The Balaban J connectivity index is 2.37.